The fourth-order valence-corrected chi connectivity index (χ4v) is 3.55. The Hall–Kier alpha value is -3.42. The zero-order valence-corrected chi connectivity index (χ0v) is 16.4. The number of nitrogen functional groups attached to an aromatic ring is 1. The van der Waals surface area contributed by atoms with E-state index in [1.54, 1.807) is 26.2 Å². The standard InChI is InChI=1S/C21H21FN4O3/c1-4-17-19-12-7-18(20(23)24-9-12)28-11(2)15-8-13(22)5-6-14(15)21(27)26(3)10-16(19)25-29-17/h5-9,11H,4,10H2,1-3H3,(H2,23,24)/t11-/m1/s1. The molecule has 150 valence electrons. The molecule has 0 saturated carbocycles. The second-order valence-electron chi connectivity index (χ2n) is 7.04. The van der Waals surface area contributed by atoms with Crippen molar-refractivity contribution in [2.24, 2.45) is 0 Å². The predicted molar refractivity (Wildman–Crippen MR) is 105 cm³/mol. The van der Waals surface area contributed by atoms with Gasteiger partial charge in [0, 0.05) is 36.4 Å². The molecule has 0 fully saturated rings. The molecule has 0 radical (unpaired) electrons. The number of anilines is 1. The first-order valence-corrected chi connectivity index (χ1v) is 9.34. The molecule has 1 aliphatic heterocycles. The summed E-state index contributed by atoms with van der Waals surface area (Å²) in [6, 6.07) is 5.81. The number of aryl methyl sites for hydroxylation is 1. The van der Waals surface area contributed by atoms with Gasteiger partial charge in [0.1, 0.15) is 23.4 Å². The van der Waals surface area contributed by atoms with Crippen molar-refractivity contribution >= 4 is 11.7 Å². The highest BCUT2D eigenvalue weighted by molar-refractivity contribution is 5.95. The summed E-state index contributed by atoms with van der Waals surface area (Å²) in [6.45, 7) is 3.93. The fraction of sp³-hybridized carbons (Fsp3) is 0.286. The van der Waals surface area contributed by atoms with Gasteiger partial charge in [0.05, 0.1) is 12.1 Å². The maximum Gasteiger partial charge on any atom is 0.254 e. The summed E-state index contributed by atoms with van der Waals surface area (Å²) in [4.78, 5) is 18.9. The minimum atomic E-state index is -0.621. The largest absolute Gasteiger partial charge is 0.482 e. The van der Waals surface area contributed by atoms with Crippen molar-refractivity contribution in [3.63, 3.8) is 0 Å². The molecule has 8 heteroatoms. The summed E-state index contributed by atoms with van der Waals surface area (Å²) in [5.74, 6) is 0.521. The number of hydrogen-bond donors (Lipinski definition) is 1. The van der Waals surface area contributed by atoms with E-state index in [9.17, 15) is 9.18 Å². The monoisotopic (exact) mass is 396 g/mol. The molecule has 29 heavy (non-hydrogen) atoms. The number of aromatic nitrogens is 2. The summed E-state index contributed by atoms with van der Waals surface area (Å²) in [5.41, 5.74) is 8.91. The van der Waals surface area contributed by atoms with Gasteiger partial charge >= 0.3 is 0 Å². The third-order valence-electron chi connectivity index (χ3n) is 5.04. The molecule has 3 aromatic rings. The number of halogens is 1. The summed E-state index contributed by atoms with van der Waals surface area (Å²) in [5, 5.41) is 4.17. The number of nitrogens with two attached hydrogens (primary N) is 1. The van der Waals surface area contributed by atoms with Gasteiger partial charge in [0.15, 0.2) is 11.6 Å². The van der Waals surface area contributed by atoms with Crippen LogP contribution in [0.5, 0.6) is 5.75 Å². The molecule has 2 aromatic heterocycles. The SMILES string of the molecule is CCc1onc2c1-c1cnc(N)c(c1)O[C@H](C)c1cc(F)ccc1C(=O)N(C)C2. The Labute approximate surface area is 167 Å². The third-order valence-corrected chi connectivity index (χ3v) is 5.04. The molecular formula is C21H21FN4O3. The highest BCUT2D eigenvalue weighted by atomic mass is 19.1. The molecule has 0 saturated heterocycles. The van der Waals surface area contributed by atoms with Crippen molar-refractivity contribution in [3.05, 3.63) is 58.9 Å². The maximum atomic E-state index is 13.9. The smallest absolute Gasteiger partial charge is 0.254 e. The summed E-state index contributed by atoms with van der Waals surface area (Å²) < 4.78 is 25.5. The Bertz CT molecular complexity index is 1100. The topological polar surface area (TPSA) is 94.5 Å². The van der Waals surface area contributed by atoms with Crippen LogP contribution >= 0.6 is 0 Å². The van der Waals surface area contributed by atoms with Gasteiger partial charge in [-0.2, -0.15) is 0 Å². The van der Waals surface area contributed by atoms with E-state index in [2.05, 4.69) is 10.1 Å². The minimum absolute atomic E-state index is 0.204. The van der Waals surface area contributed by atoms with E-state index in [0.29, 0.717) is 34.8 Å². The van der Waals surface area contributed by atoms with E-state index >= 15 is 0 Å². The Morgan fingerprint density at radius 3 is 2.90 bits per heavy atom. The second-order valence-corrected chi connectivity index (χ2v) is 7.04. The highest BCUT2D eigenvalue weighted by Crippen LogP contribution is 2.36. The van der Waals surface area contributed by atoms with E-state index in [1.165, 1.54) is 23.1 Å². The molecule has 4 rings (SSSR count). The van der Waals surface area contributed by atoms with Gasteiger partial charge in [-0.1, -0.05) is 12.1 Å². The number of pyridine rings is 1. The lowest BCUT2D eigenvalue weighted by atomic mass is 10.00. The van der Waals surface area contributed by atoms with E-state index in [0.717, 1.165) is 11.1 Å². The first kappa shape index (κ1) is 18.9. The molecule has 7 nitrogen and oxygen atoms in total. The van der Waals surface area contributed by atoms with Gasteiger partial charge < -0.3 is 19.9 Å². The zero-order chi connectivity index (χ0) is 20.7. The first-order chi connectivity index (χ1) is 13.9. The van der Waals surface area contributed by atoms with Crippen LogP contribution in [0.25, 0.3) is 11.1 Å². The predicted octanol–water partition coefficient (Wildman–Crippen LogP) is 3.75. The summed E-state index contributed by atoms with van der Waals surface area (Å²) in [7, 11) is 1.67. The van der Waals surface area contributed by atoms with Crippen LogP contribution in [0, 0.1) is 5.82 Å². The van der Waals surface area contributed by atoms with Crippen molar-refractivity contribution in [2.75, 3.05) is 12.8 Å². The van der Waals surface area contributed by atoms with E-state index in [-0.39, 0.29) is 18.3 Å². The van der Waals surface area contributed by atoms with Crippen molar-refractivity contribution in [1.82, 2.24) is 15.0 Å². The van der Waals surface area contributed by atoms with Crippen LogP contribution in [-0.4, -0.2) is 28.0 Å². The van der Waals surface area contributed by atoms with Crippen molar-refractivity contribution < 1.29 is 18.4 Å². The van der Waals surface area contributed by atoms with Gasteiger partial charge in [-0.15, -0.1) is 0 Å². The Kier molecular flexibility index (Phi) is 4.70. The summed E-state index contributed by atoms with van der Waals surface area (Å²) in [6.07, 6.45) is 1.63. The van der Waals surface area contributed by atoms with Crippen LogP contribution in [0.4, 0.5) is 10.2 Å². The van der Waals surface area contributed by atoms with Crippen molar-refractivity contribution in [2.45, 2.75) is 32.9 Å². The van der Waals surface area contributed by atoms with Crippen molar-refractivity contribution in [1.29, 1.82) is 0 Å². The lowest BCUT2D eigenvalue weighted by Gasteiger charge is -2.23. The molecule has 2 N–H and O–H groups in total. The number of ether oxygens (including phenoxy) is 1. The van der Waals surface area contributed by atoms with E-state index in [4.69, 9.17) is 15.0 Å². The Balaban J connectivity index is 1.94. The van der Waals surface area contributed by atoms with E-state index < -0.39 is 11.9 Å². The van der Waals surface area contributed by atoms with Gasteiger partial charge in [-0.05, 0) is 31.2 Å². The number of carbonyl (C=O) groups is 1. The molecule has 1 atom stereocenters. The maximum absolute atomic E-state index is 13.9. The first-order valence-electron chi connectivity index (χ1n) is 9.34. The van der Waals surface area contributed by atoms with Crippen molar-refractivity contribution in [3.8, 4) is 16.9 Å². The molecule has 1 aromatic carbocycles. The fourth-order valence-electron chi connectivity index (χ4n) is 3.55. The van der Waals surface area contributed by atoms with Gasteiger partial charge in [0.2, 0.25) is 0 Å². The molecule has 2 bridgehead atoms. The number of carbonyl (C=O) groups excluding carboxylic acids is 1. The number of rotatable bonds is 1. The number of hydrogen-bond acceptors (Lipinski definition) is 6. The zero-order valence-electron chi connectivity index (χ0n) is 16.4. The number of nitrogens with zero attached hydrogens (tertiary/aromatic N) is 3. The summed E-state index contributed by atoms with van der Waals surface area (Å²) >= 11 is 0. The van der Waals surface area contributed by atoms with Gasteiger partial charge in [0.25, 0.3) is 5.91 Å². The normalized spacial score (nSPS) is 16.3. The third kappa shape index (κ3) is 3.30. The molecule has 0 spiro atoms. The molecule has 1 aliphatic rings. The van der Waals surface area contributed by atoms with E-state index in [1.807, 2.05) is 6.92 Å². The molecule has 0 unspecified atom stereocenters. The number of benzene rings is 1. The quantitative estimate of drug-likeness (QED) is 0.673. The van der Waals surface area contributed by atoms with Crippen LogP contribution in [0.3, 0.4) is 0 Å². The average molecular weight is 396 g/mol. The Morgan fingerprint density at radius 2 is 2.14 bits per heavy atom. The molecule has 0 aliphatic carbocycles. The lowest BCUT2D eigenvalue weighted by molar-refractivity contribution is 0.0777. The minimum Gasteiger partial charge on any atom is -0.482 e. The second kappa shape index (κ2) is 7.20. The molecule has 1 amide bonds. The van der Waals surface area contributed by atoms with Crippen LogP contribution in [0.2, 0.25) is 0 Å². The van der Waals surface area contributed by atoms with Crippen LogP contribution < -0.4 is 10.5 Å². The number of fused-ring (bicyclic) bond motifs is 5. The van der Waals surface area contributed by atoms with Crippen LogP contribution in [0.15, 0.2) is 35.0 Å². The number of amides is 1. The lowest BCUT2D eigenvalue weighted by Crippen LogP contribution is -2.28. The van der Waals surface area contributed by atoms with Gasteiger partial charge in [-0.25, -0.2) is 9.37 Å². The Morgan fingerprint density at radius 1 is 1.34 bits per heavy atom. The van der Waals surface area contributed by atoms with Crippen LogP contribution in [0.1, 0.15) is 47.3 Å². The molecule has 3 heterocycles. The van der Waals surface area contributed by atoms with Gasteiger partial charge in [-0.3, -0.25) is 4.79 Å². The van der Waals surface area contributed by atoms with Crippen LogP contribution in [-0.2, 0) is 13.0 Å². The molecular weight excluding hydrogens is 375 g/mol. The highest BCUT2D eigenvalue weighted by Gasteiger charge is 2.26. The average Bonchev–Trinajstić information content (AvgIpc) is 3.10.